The molecule has 1 aliphatic rings. The van der Waals surface area contributed by atoms with E-state index in [1.54, 1.807) is 20.2 Å². The Hall–Kier alpha value is -3.17. The van der Waals surface area contributed by atoms with Gasteiger partial charge in [-0.1, -0.05) is 0 Å². The molecule has 1 aromatic carbocycles. The Balaban J connectivity index is 1.54. The number of aromatic nitrogens is 3. The molecule has 0 bridgehead atoms. The molecule has 32 heavy (non-hydrogen) atoms. The molecule has 1 amide bonds. The molecular formula is C23H30N6O3. The highest BCUT2D eigenvalue weighted by molar-refractivity contribution is 5.93. The van der Waals surface area contributed by atoms with Crippen LogP contribution in [0.25, 0.3) is 10.9 Å². The number of fused-ring (bicyclic) bond motifs is 1. The Bertz CT molecular complexity index is 1100. The molecular weight excluding hydrogens is 408 g/mol. The molecule has 3 heterocycles. The highest BCUT2D eigenvalue weighted by atomic mass is 16.5. The summed E-state index contributed by atoms with van der Waals surface area (Å²) in [4.78, 5) is 28.5. The second-order valence-corrected chi connectivity index (χ2v) is 8.18. The number of nitrogens with zero attached hydrogens (tertiary/aromatic N) is 4. The maximum atomic E-state index is 12.6. The van der Waals surface area contributed by atoms with Crippen LogP contribution >= 0.6 is 0 Å². The first kappa shape index (κ1) is 22.0. The monoisotopic (exact) mass is 438 g/mol. The fraction of sp³-hybridized carbons (Fsp3) is 0.435. The van der Waals surface area contributed by atoms with Gasteiger partial charge < -0.3 is 24.7 Å². The number of morpholine rings is 1. The van der Waals surface area contributed by atoms with Gasteiger partial charge in [-0.2, -0.15) is 9.97 Å². The summed E-state index contributed by atoms with van der Waals surface area (Å²) in [5.41, 5.74) is 4.60. The van der Waals surface area contributed by atoms with Crippen molar-refractivity contribution in [3.05, 3.63) is 41.2 Å². The normalized spacial score (nSPS) is 14.5. The zero-order valence-electron chi connectivity index (χ0n) is 19.1. The predicted octanol–water partition coefficient (Wildman–Crippen LogP) is 2.73. The third kappa shape index (κ3) is 5.00. The zero-order chi connectivity index (χ0) is 22.7. The van der Waals surface area contributed by atoms with Crippen LogP contribution < -0.4 is 10.1 Å². The summed E-state index contributed by atoms with van der Waals surface area (Å²) >= 11 is 0. The second kappa shape index (κ2) is 9.54. The molecule has 4 rings (SSSR count). The first-order chi connectivity index (χ1) is 15.4. The Labute approximate surface area is 187 Å². The lowest BCUT2D eigenvalue weighted by Gasteiger charge is -2.26. The SMILES string of the molecule is Cc1[nH]c2ccc(Nc3cc(C(=O)N(C)C)nc(OCCN4CCOCC4)n3)cc2c1C. The van der Waals surface area contributed by atoms with Crippen molar-refractivity contribution in [2.45, 2.75) is 13.8 Å². The van der Waals surface area contributed by atoms with Gasteiger partial charge in [-0.3, -0.25) is 9.69 Å². The number of aryl methyl sites for hydroxylation is 2. The van der Waals surface area contributed by atoms with Crippen LogP contribution in [0.1, 0.15) is 21.7 Å². The minimum Gasteiger partial charge on any atom is -0.462 e. The van der Waals surface area contributed by atoms with Crippen molar-refractivity contribution in [2.24, 2.45) is 0 Å². The molecule has 0 saturated carbocycles. The number of benzene rings is 1. The quantitative estimate of drug-likeness (QED) is 0.586. The van der Waals surface area contributed by atoms with Gasteiger partial charge in [-0.05, 0) is 37.6 Å². The average molecular weight is 439 g/mol. The number of rotatable bonds is 7. The van der Waals surface area contributed by atoms with E-state index in [1.165, 1.54) is 10.5 Å². The molecule has 1 aliphatic heterocycles. The number of ether oxygens (including phenoxy) is 2. The summed E-state index contributed by atoms with van der Waals surface area (Å²) in [7, 11) is 3.39. The number of nitrogens with one attached hydrogen (secondary N) is 2. The topological polar surface area (TPSA) is 95.6 Å². The first-order valence-corrected chi connectivity index (χ1v) is 10.8. The van der Waals surface area contributed by atoms with E-state index in [0.717, 1.165) is 55.1 Å². The number of hydrogen-bond donors (Lipinski definition) is 2. The molecule has 3 aromatic rings. The van der Waals surface area contributed by atoms with E-state index in [2.05, 4.69) is 45.1 Å². The van der Waals surface area contributed by atoms with Gasteiger partial charge in [-0.15, -0.1) is 0 Å². The number of carbonyl (C=O) groups excluding carboxylic acids is 1. The van der Waals surface area contributed by atoms with E-state index in [1.807, 2.05) is 12.1 Å². The molecule has 9 nitrogen and oxygen atoms in total. The lowest BCUT2D eigenvalue weighted by molar-refractivity contribution is 0.0317. The van der Waals surface area contributed by atoms with Crippen LogP contribution in [0.5, 0.6) is 6.01 Å². The lowest BCUT2D eigenvalue weighted by Crippen LogP contribution is -2.38. The summed E-state index contributed by atoms with van der Waals surface area (Å²) in [6, 6.07) is 7.92. The minimum absolute atomic E-state index is 0.184. The van der Waals surface area contributed by atoms with E-state index < -0.39 is 0 Å². The molecule has 170 valence electrons. The van der Waals surface area contributed by atoms with Crippen molar-refractivity contribution in [3.63, 3.8) is 0 Å². The van der Waals surface area contributed by atoms with Gasteiger partial charge in [-0.25, -0.2) is 0 Å². The van der Waals surface area contributed by atoms with Gasteiger partial charge >= 0.3 is 6.01 Å². The van der Waals surface area contributed by atoms with E-state index in [-0.39, 0.29) is 17.6 Å². The zero-order valence-corrected chi connectivity index (χ0v) is 19.1. The maximum absolute atomic E-state index is 12.6. The number of anilines is 2. The fourth-order valence-electron chi connectivity index (χ4n) is 3.67. The van der Waals surface area contributed by atoms with Crippen molar-refractivity contribution in [1.82, 2.24) is 24.8 Å². The van der Waals surface area contributed by atoms with Gasteiger partial charge in [0.25, 0.3) is 5.91 Å². The van der Waals surface area contributed by atoms with Crippen LogP contribution in [-0.4, -0.2) is 84.2 Å². The van der Waals surface area contributed by atoms with Crippen molar-refractivity contribution in [3.8, 4) is 6.01 Å². The van der Waals surface area contributed by atoms with E-state index in [4.69, 9.17) is 9.47 Å². The summed E-state index contributed by atoms with van der Waals surface area (Å²) in [6.45, 7) is 8.59. The van der Waals surface area contributed by atoms with Crippen molar-refractivity contribution in [2.75, 3.05) is 58.9 Å². The smallest absolute Gasteiger partial charge is 0.319 e. The first-order valence-electron chi connectivity index (χ1n) is 10.8. The summed E-state index contributed by atoms with van der Waals surface area (Å²) in [6.07, 6.45) is 0. The predicted molar refractivity (Wildman–Crippen MR) is 124 cm³/mol. The van der Waals surface area contributed by atoms with Gasteiger partial charge in [0, 0.05) is 62.1 Å². The standard InChI is InChI=1S/C23H30N6O3/c1-15-16(2)24-19-6-5-17(13-18(15)19)25-21-14-20(22(30)28(3)4)26-23(27-21)32-12-9-29-7-10-31-11-8-29/h5-6,13-14,24H,7-12H2,1-4H3,(H,25,26,27). The molecule has 0 unspecified atom stereocenters. The van der Waals surface area contributed by atoms with Gasteiger partial charge in [0.05, 0.1) is 13.2 Å². The minimum atomic E-state index is -0.207. The van der Waals surface area contributed by atoms with Crippen LogP contribution in [-0.2, 0) is 4.74 Å². The lowest BCUT2D eigenvalue weighted by atomic mass is 10.1. The fourth-order valence-corrected chi connectivity index (χ4v) is 3.67. The Morgan fingerprint density at radius 1 is 1.22 bits per heavy atom. The number of carbonyl (C=O) groups is 1. The number of hydrogen-bond acceptors (Lipinski definition) is 7. The number of amides is 1. The van der Waals surface area contributed by atoms with Crippen LogP contribution in [0.2, 0.25) is 0 Å². The highest BCUT2D eigenvalue weighted by Crippen LogP contribution is 2.26. The molecule has 1 saturated heterocycles. The number of aromatic amines is 1. The average Bonchev–Trinajstić information content (AvgIpc) is 3.07. The second-order valence-electron chi connectivity index (χ2n) is 8.18. The number of H-pyrrole nitrogens is 1. The Kier molecular flexibility index (Phi) is 6.57. The summed E-state index contributed by atoms with van der Waals surface area (Å²) in [5, 5.41) is 4.45. The molecule has 0 spiro atoms. The van der Waals surface area contributed by atoms with Gasteiger partial charge in [0.2, 0.25) is 0 Å². The van der Waals surface area contributed by atoms with Gasteiger partial charge in [0.15, 0.2) is 0 Å². The summed E-state index contributed by atoms with van der Waals surface area (Å²) in [5.74, 6) is 0.303. The van der Waals surface area contributed by atoms with Crippen molar-refractivity contribution >= 4 is 28.3 Å². The largest absolute Gasteiger partial charge is 0.462 e. The molecule has 2 aromatic heterocycles. The molecule has 0 aliphatic carbocycles. The van der Waals surface area contributed by atoms with Crippen LogP contribution in [0.15, 0.2) is 24.3 Å². The summed E-state index contributed by atoms with van der Waals surface area (Å²) < 4.78 is 11.2. The Morgan fingerprint density at radius 3 is 2.75 bits per heavy atom. The molecule has 0 atom stereocenters. The van der Waals surface area contributed by atoms with Crippen LogP contribution in [0.4, 0.5) is 11.5 Å². The van der Waals surface area contributed by atoms with E-state index in [9.17, 15) is 4.79 Å². The molecule has 0 radical (unpaired) electrons. The van der Waals surface area contributed by atoms with Crippen molar-refractivity contribution < 1.29 is 14.3 Å². The van der Waals surface area contributed by atoms with E-state index in [0.29, 0.717) is 12.4 Å². The molecule has 1 fully saturated rings. The maximum Gasteiger partial charge on any atom is 0.319 e. The van der Waals surface area contributed by atoms with Crippen LogP contribution in [0, 0.1) is 13.8 Å². The van der Waals surface area contributed by atoms with Crippen LogP contribution in [0.3, 0.4) is 0 Å². The molecule has 9 heteroatoms. The Morgan fingerprint density at radius 2 is 2.00 bits per heavy atom. The van der Waals surface area contributed by atoms with Crippen molar-refractivity contribution in [1.29, 1.82) is 0 Å². The third-order valence-corrected chi connectivity index (χ3v) is 5.65. The molecule has 2 N–H and O–H groups in total. The highest BCUT2D eigenvalue weighted by Gasteiger charge is 2.16. The third-order valence-electron chi connectivity index (χ3n) is 5.65. The van der Waals surface area contributed by atoms with E-state index >= 15 is 0 Å². The van der Waals surface area contributed by atoms with Gasteiger partial charge in [0.1, 0.15) is 18.1 Å².